The standard InChI is InChI=1S/C46H52ClN7O8S/c1-45(2)13-11-33(39(26-45)31-3-5-34(47)6-4-31)28-52-17-19-53(20-18-52)35-7-9-38(42(24-35)62-36-23-32-12-16-48-43(32)49-27-36)44(56)51-63(59,60)37-8-10-40(41(25-37)54(57)58)50-29-46(30-55)14-21-61-22-15-46/h3-10,12,16,23-25,27,50,55H,11,13-15,17-22,26,28-30H2,1-2H3,(H,48,49)(H,51,56). The number of carbonyl (C=O) groups excluding carboxylic acids is 1. The first-order chi connectivity index (χ1) is 30.2. The van der Waals surface area contributed by atoms with Crippen LogP contribution in [0.2, 0.25) is 5.02 Å². The number of rotatable bonds is 14. The molecule has 0 radical (unpaired) electrons. The number of anilines is 2. The summed E-state index contributed by atoms with van der Waals surface area (Å²) in [6, 6.07) is 20.2. The van der Waals surface area contributed by atoms with E-state index < -0.39 is 36.9 Å². The SMILES string of the molecule is CC1(C)CCC(CN2CCN(c3ccc(C(=O)NS(=O)(=O)c4ccc(NCC5(CO)CCOCC5)c([N+](=O)[O-])c4)c(Oc4cnc5[nH]ccc5c4)c3)CC2)=C(c2ccc(Cl)cc2)C1. The number of aliphatic hydroxyl groups excluding tert-OH is 1. The lowest BCUT2D eigenvalue weighted by Crippen LogP contribution is -2.47. The molecule has 0 saturated carbocycles. The van der Waals surface area contributed by atoms with Gasteiger partial charge in [-0.3, -0.25) is 19.8 Å². The highest BCUT2D eigenvalue weighted by molar-refractivity contribution is 7.90. The number of amides is 1. The Hall–Kier alpha value is -5.52. The summed E-state index contributed by atoms with van der Waals surface area (Å²) in [5.41, 5.74) is 4.75. The number of benzene rings is 3. The molecule has 63 heavy (non-hydrogen) atoms. The Morgan fingerprint density at radius 1 is 1.02 bits per heavy atom. The number of nitro groups is 1. The van der Waals surface area contributed by atoms with Crippen LogP contribution >= 0.6 is 11.6 Å². The van der Waals surface area contributed by atoms with Crippen molar-refractivity contribution in [1.29, 1.82) is 0 Å². The molecule has 5 aromatic rings. The van der Waals surface area contributed by atoms with Crippen molar-refractivity contribution in [2.45, 2.75) is 50.8 Å². The van der Waals surface area contributed by atoms with Crippen LogP contribution in [0.1, 0.15) is 61.9 Å². The van der Waals surface area contributed by atoms with Crippen LogP contribution in [-0.4, -0.2) is 98.3 Å². The zero-order valence-corrected chi connectivity index (χ0v) is 36.9. The molecule has 2 aromatic heterocycles. The van der Waals surface area contributed by atoms with Gasteiger partial charge in [-0.05, 0) is 97.2 Å². The average Bonchev–Trinajstić information content (AvgIpc) is 3.75. The molecule has 0 spiro atoms. The first kappa shape index (κ1) is 44.1. The number of halogens is 1. The summed E-state index contributed by atoms with van der Waals surface area (Å²) in [6.45, 7) is 9.57. The van der Waals surface area contributed by atoms with E-state index in [1.165, 1.54) is 41.1 Å². The summed E-state index contributed by atoms with van der Waals surface area (Å²) in [7, 11) is -4.61. The largest absolute Gasteiger partial charge is 0.455 e. The van der Waals surface area contributed by atoms with E-state index in [4.69, 9.17) is 21.1 Å². The lowest BCUT2D eigenvalue weighted by atomic mass is 9.72. The van der Waals surface area contributed by atoms with Crippen LogP contribution in [0.25, 0.3) is 16.6 Å². The van der Waals surface area contributed by atoms with E-state index in [-0.39, 0.29) is 35.6 Å². The number of fused-ring (bicyclic) bond motifs is 1. The number of carbonyl (C=O) groups is 1. The van der Waals surface area contributed by atoms with E-state index in [1.807, 2.05) is 18.2 Å². The molecule has 1 amide bonds. The Labute approximate surface area is 371 Å². The normalized spacial score (nSPS) is 18.0. The maximum atomic E-state index is 14.0. The van der Waals surface area contributed by atoms with Crippen LogP contribution in [0.5, 0.6) is 11.5 Å². The van der Waals surface area contributed by atoms with Gasteiger partial charge in [0, 0.05) is 92.3 Å². The summed E-state index contributed by atoms with van der Waals surface area (Å²) < 4.78 is 41.3. The zero-order valence-electron chi connectivity index (χ0n) is 35.4. The van der Waals surface area contributed by atoms with Gasteiger partial charge in [0.25, 0.3) is 21.6 Å². The van der Waals surface area contributed by atoms with Gasteiger partial charge in [0.05, 0.1) is 28.2 Å². The number of H-pyrrole nitrogens is 1. The lowest BCUT2D eigenvalue weighted by molar-refractivity contribution is -0.384. The quantitative estimate of drug-likeness (QED) is 0.0621. The van der Waals surface area contributed by atoms with E-state index in [9.17, 15) is 28.4 Å². The van der Waals surface area contributed by atoms with Crippen LogP contribution < -0.4 is 19.7 Å². The molecule has 17 heteroatoms. The fourth-order valence-electron chi connectivity index (χ4n) is 8.67. The van der Waals surface area contributed by atoms with Crippen LogP contribution in [0, 0.1) is 20.9 Å². The predicted molar refractivity (Wildman–Crippen MR) is 243 cm³/mol. The predicted octanol–water partition coefficient (Wildman–Crippen LogP) is 8.02. The number of nitrogens with one attached hydrogen (secondary N) is 3. The van der Waals surface area contributed by atoms with Crippen LogP contribution in [-0.2, 0) is 14.8 Å². The minimum absolute atomic E-state index is 0.0597. The fraction of sp³-hybridized carbons (Fsp3) is 0.391. The first-order valence-electron chi connectivity index (χ1n) is 21.2. The van der Waals surface area contributed by atoms with Gasteiger partial charge in [-0.1, -0.05) is 43.2 Å². The Morgan fingerprint density at radius 2 is 1.78 bits per heavy atom. The molecule has 1 aliphatic carbocycles. The van der Waals surface area contributed by atoms with Crippen LogP contribution in [0.15, 0.2) is 95.7 Å². The molecule has 3 aromatic carbocycles. The highest BCUT2D eigenvalue weighted by Gasteiger charge is 2.34. The Morgan fingerprint density at radius 3 is 2.51 bits per heavy atom. The van der Waals surface area contributed by atoms with Crippen molar-refractivity contribution in [1.82, 2.24) is 19.6 Å². The number of hydrogen-bond acceptors (Lipinski definition) is 12. The molecule has 0 atom stereocenters. The van der Waals surface area contributed by atoms with Crippen molar-refractivity contribution in [3.8, 4) is 11.5 Å². The van der Waals surface area contributed by atoms with Gasteiger partial charge in [-0.15, -0.1) is 0 Å². The summed E-state index contributed by atoms with van der Waals surface area (Å²) in [5, 5.41) is 26.8. The van der Waals surface area contributed by atoms with Gasteiger partial charge in [-0.2, -0.15) is 0 Å². The van der Waals surface area contributed by atoms with Gasteiger partial charge in [-0.25, -0.2) is 18.1 Å². The minimum atomic E-state index is -4.61. The maximum Gasteiger partial charge on any atom is 0.293 e. The number of piperazine rings is 1. The van der Waals surface area contributed by atoms with E-state index in [1.54, 1.807) is 24.4 Å². The van der Waals surface area contributed by atoms with Crippen LogP contribution in [0.4, 0.5) is 17.1 Å². The number of hydrogen-bond donors (Lipinski definition) is 4. The van der Waals surface area contributed by atoms with Crippen molar-refractivity contribution in [2.75, 3.05) is 69.3 Å². The molecular weight excluding hydrogens is 846 g/mol. The summed E-state index contributed by atoms with van der Waals surface area (Å²) in [5.74, 6) is -0.533. The molecule has 2 aliphatic heterocycles. The van der Waals surface area contributed by atoms with E-state index in [0.717, 1.165) is 61.1 Å². The lowest BCUT2D eigenvalue weighted by Gasteiger charge is -2.39. The Balaban J connectivity index is 1.01. The molecule has 4 N–H and O–H groups in total. The number of nitrogens with zero attached hydrogens (tertiary/aromatic N) is 4. The van der Waals surface area contributed by atoms with Gasteiger partial charge in [0.1, 0.15) is 22.8 Å². The number of pyridine rings is 1. The smallest absolute Gasteiger partial charge is 0.293 e. The van der Waals surface area contributed by atoms with E-state index >= 15 is 0 Å². The topological polar surface area (TPSA) is 192 Å². The Bertz CT molecular complexity index is 2640. The molecule has 332 valence electrons. The number of nitro benzene ring substituents is 1. The van der Waals surface area contributed by atoms with Gasteiger partial charge >= 0.3 is 0 Å². The average molecular weight is 898 g/mol. The molecule has 0 bridgehead atoms. The van der Waals surface area contributed by atoms with E-state index in [0.29, 0.717) is 50.5 Å². The van der Waals surface area contributed by atoms with Gasteiger partial charge < -0.3 is 29.8 Å². The second kappa shape index (κ2) is 18.3. The summed E-state index contributed by atoms with van der Waals surface area (Å²) >= 11 is 6.24. The molecule has 2 saturated heterocycles. The molecule has 15 nitrogen and oxygen atoms in total. The van der Waals surface area contributed by atoms with Gasteiger partial charge in [0.15, 0.2) is 0 Å². The highest BCUT2D eigenvalue weighted by Crippen LogP contribution is 2.44. The number of aromatic nitrogens is 2. The molecular formula is C46H52ClN7O8S. The monoisotopic (exact) mass is 897 g/mol. The fourth-order valence-corrected chi connectivity index (χ4v) is 9.78. The third-order valence-electron chi connectivity index (χ3n) is 12.6. The van der Waals surface area contributed by atoms with Crippen molar-refractivity contribution in [3.63, 3.8) is 0 Å². The number of ether oxygens (including phenoxy) is 2. The third-order valence-corrected chi connectivity index (χ3v) is 14.2. The number of aromatic amines is 1. The second-order valence-electron chi connectivity index (χ2n) is 17.6. The summed E-state index contributed by atoms with van der Waals surface area (Å²) in [6.07, 6.45) is 7.57. The van der Waals surface area contributed by atoms with Crippen molar-refractivity contribution in [3.05, 3.63) is 117 Å². The first-order valence-corrected chi connectivity index (χ1v) is 23.0. The van der Waals surface area contributed by atoms with E-state index in [2.05, 4.69) is 55.8 Å². The van der Waals surface area contributed by atoms with Crippen molar-refractivity contribution in [2.24, 2.45) is 10.8 Å². The summed E-state index contributed by atoms with van der Waals surface area (Å²) in [4.78, 5) is 37.1. The second-order valence-corrected chi connectivity index (χ2v) is 19.7. The van der Waals surface area contributed by atoms with Gasteiger partial charge in [0.2, 0.25) is 0 Å². The Kier molecular flexibility index (Phi) is 12.8. The van der Waals surface area contributed by atoms with Crippen molar-refractivity contribution >= 4 is 61.2 Å². The number of aliphatic hydroxyl groups is 1. The highest BCUT2D eigenvalue weighted by atomic mass is 35.5. The molecule has 3 aliphatic rings. The molecule has 4 heterocycles. The molecule has 2 fully saturated rings. The zero-order chi connectivity index (χ0) is 44.4. The maximum absolute atomic E-state index is 14.0. The third kappa shape index (κ3) is 10.2. The number of allylic oxidation sites excluding steroid dienone is 1. The molecule has 8 rings (SSSR count). The molecule has 0 unspecified atom stereocenters. The van der Waals surface area contributed by atoms with Crippen molar-refractivity contribution < 1.29 is 32.7 Å². The number of sulfonamides is 1. The minimum Gasteiger partial charge on any atom is -0.455 e. The van der Waals surface area contributed by atoms with Crippen LogP contribution in [0.3, 0.4) is 0 Å².